The van der Waals surface area contributed by atoms with Crippen LogP contribution in [0.1, 0.15) is 33.3 Å². The van der Waals surface area contributed by atoms with Gasteiger partial charge >= 0.3 is 7.12 Å². The third-order valence-electron chi connectivity index (χ3n) is 4.00. The Morgan fingerprint density at radius 1 is 1.38 bits per heavy atom. The molecule has 0 aromatic carbocycles. The second-order valence-electron chi connectivity index (χ2n) is 6.09. The van der Waals surface area contributed by atoms with E-state index in [9.17, 15) is 0 Å². The Balaban J connectivity index is 2.33. The average Bonchev–Trinajstić information content (AvgIpc) is 2.59. The van der Waals surface area contributed by atoms with Gasteiger partial charge in [0.05, 0.1) is 16.2 Å². The zero-order valence-electron chi connectivity index (χ0n) is 12.7. The lowest BCUT2D eigenvalue weighted by atomic mass is 9.78. The molecule has 0 atom stereocenters. The molecule has 0 aliphatic carbocycles. The monoisotopic (exact) mass is 326 g/mol. The lowest BCUT2D eigenvalue weighted by molar-refractivity contribution is 0.00578. The first-order valence-corrected chi connectivity index (χ1v) is 7.75. The molecule has 7 heteroatoms. The van der Waals surface area contributed by atoms with Crippen molar-refractivity contribution in [1.29, 1.82) is 0 Å². The number of thiol groups is 1. The van der Waals surface area contributed by atoms with E-state index >= 15 is 0 Å². The van der Waals surface area contributed by atoms with Gasteiger partial charge in [0, 0.05) is 17.5 Å². The van der Waals surface area contributed by atoms with E-state index in [0.29, 0.717) is 16.6 Å². The number of rotatable bonds is 3. The van der Waals surface area contributed by atoms with Gasteiger partial charge in [0.2, 0.25) is 0 Å². The maximum absolute atomic E-state index is 6.03. The normalized spacial score (nSPS) is 20.9. The van der Waals surface area contributed by atoms with E-state index in [1.54, 1.807) is 6.07 Å². The Morgan fingerprint density at radius 3 is 2.48 bits per heavy atom. The van der Waals surface area contributed by atoms with Crippen molar-refractivity contribution < 1.29 is 9.31 Å². The molecule has 0 amide bonds. The van der Waals surface area contributed by atoms with Crippen molar-refractivity contribution >= 4 is 43.2 Å². The van der Waals surface area contributed by atoms with Gasteiger partial charge in [-0.15, -0.1) is 0 Å². The van der Waals surface area contributed by atoms with Crippen LogP contribution in [0.3, 0.4) is 0 Å². The summed E-state index contributed by atoms with van der Waals surface area (Å²) in [5, 5.41) is 0.530. The van der Waals surface area contributed by atoms with Crippen LogP contribution in [0.15, 0.2) is 17.7 Å². The molecule has 1 saturated heterocycles. The van der Waals surface area contributed by atoms with E-state index in [4.69, 9.17) is 26.6 Å². The van der Waals surface area contributed by atoms with Gasteiger partial charge in [-0.3, -0.25) is 0 Å². The van der Waals surface area contributed by atoms with Gasteiger partial charge in [-0.25, -0.2) is 4.98 Å². The lowest BCUT2D eigenvalue weighted by Crippen LogP contribution is -2.41. The van der Waals surface area contributed by atoms with Crippen molar-refractivity contribution in [3.8, 4) is 0 Å². The Labute approximate surface area is 136 Å². The van der Waals surface area contributed by atoms with Crippen LogP contribution in [0.25, 0.3) is 6.08 Å². The number of hydrogen-bond acceptors (Lipinski definition) is 5. The Bertz CT molecular complexity index is 562. The highest BCUT2D eigenvalue weighted by atomic mass is 35.5. The average molecular weight is 327 g/mol. The minimum atomic E-state index is -0.453. The predicted molar refractivity (Wildman–Crippen MR) is 91.6 cm³/mol. The van der Waals surface area contributed by atoms with Crippen LogP contribution in [-0.2, 0) is 9.31 Å². The number of pyridine rings is 1. The van der Waals surface area contributed by atoms with Crippen molar-refractivity contribution in [3.05, 3.63) is 28.3 Å². The minimum Gasteiger partial charge on any atom is -0.400 e. The van der Waals surface area contributed by atoms with Crippen molar-refractivity contribution in [2.45, 2.75) is 38.9 Å². The predicted octanol–water partition coefficient (Wildman–Crippen LogP) is 3.26. The first kappa shape index (κ1) is 16.7. The SMILES string of the molecule is CC1(C)OB(C(=Cc2cc(Cl)cnc2N)CS)OC1(C)C. The molecular formula is C14H20BClN2O2S. The molecule has 2 rings (SSSR count). The highest BCUT2D eigenvalue weighted by Crippen LogP contribution is 2.39. The summed E-state index contributed by atoms with van der Waals surface area (Å²) in [5.74, 6) is 0.901. The summed E-state index contributed by atoms with van der Waals surface area (Å²) in [4.78, 5) is 4.04. The molecule has 1 fully saturated rings. The molecule has 0 spiro atoms. The highest BCUT2D eigenvalue weighted by molar-refractivity contribution is 7.80. The number of nitrogens with zero attached hydrogens (tertiary/aromatic N) is 1. The van der Waals surface area contributed by atoms with Crippen LogP contribution in [-0.4, -0.2) is 29.1 Å². The lowest BCUT2D eigenvalue weighted by Gasteiger charge is -2.32. The first-order valence-electron chi connectivity index (χ1n) is 6.74. The van der Waals surface area contributed by atoms with Gasteiger partial charge in [0.25, 0.3) is 0 Å². The molecule has 1 aliphatic heterocycles. The van der Waals surface area contributed by atoms with Crippen LogP contribution in [0.2, 0.25) is 5.02 Å². The maximum Gasteiger partial charge on any atom is 0.491 e. The van der Waals surface area contributed by atoms with Crippen molar-refractivity contribution in [3.63, 3.8) is 0 Å². The van der Waals surface area contributed by atoms with E-state index in [1.165, 1.54) is 6.20 Å². The fourth-order valence-electron chi connectivity index (χ4n) is 1.96. The third kappa shape index (κ3) is 3.39. The topological polar surface area (TPSA) is 57.4 Å². The number of hydrogen-bond donors (Lipinski definition) is 2. The second-order valence-corrected chi connectivity index (χ2v) is 6.85. The molecule has 1 aromatic heterocycles. The van der Waals surface area contributed by atoms with Crippen LogP contribution >= 0.6 is 24.2 Å². The van der Waals surface area contributed by atoms with Gasteiger partial charge in [-0.2, -0.15) is 12.6 Å². The smallest absolute Gasteiger partial charge is 0.400 e. The Hall–Kier alpha value is -0.685. The number of nitrogens with two attached hydrogens (primary N) is 1. The summed E-state index contributed by atoms with van der Waals surface area (Å²) in [6, 6.07) is 1.76. The van der Waals surface area contributed by atoms with Gasteiger partial charge < -0.3 is 15.0 Å². The van der Waals surface area contributed by atoms with E-state index in [2.05, 4.69) is 17.6 Å². The number of nitrogen functional groups attached to an aromatic ring is 1. The zero-order chi connectivity index (χ0) is 15.8. The molecule has 114 valence electrons. The van der Waals surface area contributed by atoms with Crippen molar-refractivity contribution in [2.24, 2.45) is 0 Å². The molecule has 2 heterocycles. The third-order valence-corrected chi connectivity index (χ3v) is 4.57. The molecule has 21 heavy (non-hydrogen) atoms. The minimum absolute atomic E-state index is 0.391. The standard InChI is InChI=1S/C14H20BClN2O2S/c1-13(2)14(3,4)20-15(19-13)10(8-21)5-9-6-11(16)7-18-12(9)17/h5-7,21H,8H2,1-4H3,(H2,17,18). The number of halogens is 1. The molecule has 0 saturated carbocycles. The molecule has 1 aliphatic rings. The number of aromatic nitrogens is 1. The summed E-state index contributed by atoms with van der Waals surface area (Å²) in [5.41, 5.74) is 6.71. The van der Waals surface area contributed by atoms with E-state index in [0.717, 1.165) is 11.0 Å². The maximum atomic E-state index is 6.03. The van der Waals surface area contributed by atoms with Gasteiger partial charge in [-0.05, 0) is 39.2 Å². The van der Waals surface area contributed by atoms with Crippen LogP contribution < -0.4 is 5.73 Å². The zero-order valence-corrected chi connectivity index (χ0v) is 14.3. The molecule has 1 aromatic rings. The molecule has 0 radical (unpaired) electrons. The highest BCUT2D eigenvalue weighted by Gasteiger charge is 2.52. The molecule has 0 bridgehead atoms. The van der Waals surface area contributed by atoms with Gasteiger partial charge in [-0.1, -0.05) is 17.7 Å². The molecule has 2 N–H and O–H groups in total. The summed E-state index contributed by atoms with van der Waals surface area (Å²) in [6.07, 6.45) is 3.40. The molecule has 4 nitrogen and oxygen atoms in total. The van der Waals surface area contributed by atoms with E-state index in [1.807, 2.05) is 33.8 Å². The molecule has 0 unspecified atom stereocenters. The van der Waals surface area contributed by atoms with E-state index < -0.39 is 18.3 Å². The van der Waals surface area contributed by atoms with E-state index in [-0.39, 0.29) is 0 Å². The Morgan fingerprint density at radius 2 is 1.95 bits per heavy atom. The van der Waals surface area contributed by atoms with Crippen LogP contribution in [0, 0.1) is 0 Å². The summed E-state index contributed by atoms with van der Waals surface area (Å²) >= 11 is 10.3. The second kappa shape index (κ2) is 5.84. The largest absolute Gasteiger partial charge is 0.491 e. The van der Waals surface area contributed by atoms with Gasteiger partial charge in [0.1, 0.15) is 5.82 Å². The fourth-order valence-corrected chi connectivity index (χ4v) is 2.37. The molecular weight excluding hydrogens is 306 g/mol. The first-order chi connectivity index (χ1) is 9.66. The summed E-state index contributed by atoms with van der Waals surface area (Å²) in [6.45, 7) is 8.05. The van der Waals surface area contributed by atoms with Crippen molar-refractivity contribution in [2.75, 3.05) is 11.5 Å². The van der Waals surface area contributed by atoms with Crippen LogP contribution in [0.5, 0.6) is 0 Å². The van der Waals surface area contributed by atoms with Gasteiger partial charge in [0.15, 0.2) is 0 Å². The van der Waals surface area contributed by atoms with Crippen LogP contribution in [0.4, 0.5) is 5.82 Å². The quantitative estimate of drug-likeness (QED) is 0.661. The summed E-state index contributed by atoms with van der Waals surface area (Å²) in [7, 11) is -0.453. The summed E-state index contributed by atoms with van der Waals surface area (Å²) < 4.78 is 12.1. The van der Waals surface area contributed by atoms with Crippen molar-refractivity contribution in [1.82, 2.24) is 4.98 Å². The number of anilines is 1. The fraction of sp³-hybridized carbons (Fsp3) is 0.500. The Kier molecular flexibility index (Phi) is 4.64.